The van der Waals surface area contributed by atoms with Crippen molar-refractivity contribution in [2.24, 2.45) is 0 Å². The van der Waals surface area contributed by atoms with Crippen LogP contribution in [-0.4, -0.2) is 10.3 Å². The maximum absolute atomic E-state index is 10.6. The molecule has 0 saturated heterocycles. The summed E-state index contributed by atoms with van der Waals surface area (Å²) in [5.74, 6) is -0.505. The third-order valence-corrected chi connectivity index (χ3v) is 1.65. The molecular formula is C7H4ClN3O2. The zero-order valence-electron chi connectivity index (χ0n) is 6.35. The van der Waals surface area contributed by atoms with Gasteiger partial charge >= 0.3 is 0 Å². The second-order valence-corrected chi connectivity index (χ2v) is 2.69. The Morgan fingerprint density at radius 1 is 1.46 bits per heavy atom. The van der Waals surface area contributed by atoms with Crippen LogP contribution < -0.4 is 9.79 Å². The lowest BCUT2D eigenvalue weighted by atomic mass is 10.4. The number of aromatic nitrogens is 3. The minimum atomic E-state index is -0.505. The van der Waals surface area contributed by atoms with Gasteiger partial charge in [-0.15, -0.1) is 0 Å². The summed E-state index contributed by atoms with van der Waals surface area (Å²) in [6.45, 7) is 0. The van der Waals surface area contributed by atoms with Crippen molar-refractivity contribution < 1.29 is 14.3 Å². The molecule has 2 aromatic rings. The van der Waals surface area contributed by atoms with Gasteiger partial charge in [0, 0.05) is 6.07 Å². The van der Waals surface area contributed by atoms with Gasteiger partial charge < -0.3 is 9.63 Å². The lowest BCUT2D eigenvalue weighted by Crippen LogP contribution is -2.31. The number of rotatable bonds is 1. The van der Waals surface area contributed by atoms with Crippen LogP contribution in [0.15, 0.2) is 29.0 Å². The Morgan fingerprint density at radius 2 is 2.31 bits per heavy atom. The molecule has 0 aliphatic heterocycles. The summed E-state index contributed by atoms with van der Waals surface area (Å²) in [6, 6.07) is 3.28. The molecule has 0 amide bonds. The van der Waals surface area contributed by atoms with E-state index < -0.39 is 5.95 Å². The Kier molecular flexibility index (Phi) is 1.86. The van der Waals surface area contributed by atoms with Crippen molar-refractivity contribution in [1.29, 1.82) is 0 Å². The summed E-state index contributed by atoms with van der Waals surface area (Å²) in [4.78, 5) is 3.83. The molecule has 5 nitrogen and oxygen atoms in total. The molecule has 0 N–H and O–H groups in total. The van der Waals surface area contributed by atoms with E-state index in [1.807, 2.05) is 0 Å². The molecule has 0 spiro atoms. The first kappa shape index (κ1) is 8.00. The van der Waals surface area contributed by atoms with Crippen LogP contribution in [0.3, 0.4) is 0 Å². The molecule has 0 unspecified atom stereocenters. The Morgan fingerprint density at radius 3 is 2.85 bits per heavy atom. The second-order valence-electron chi connectivity index (χ2n) is 2.30. The molecule has 2 rings (SSSR count). The zero-order valence-corrected chi connectivity index (χ0v) is 7.10. The standard InChI is InChI=1S/C7H4ClN3O2/c8-6-2-1-5(3-9-6)11-4-7(12)13-10-11/h1-4H. The van der Waals surface area contributed by atoms with Crippen LogP contribution in [0.4, 0.5) is 0 Å². The lowest BCUT2D eigenvalue weighted by molar-refractivity contribution is -0.670. The molecule has 0 bridgehead atoms. The van der Waals surface area contributed by atoms with Gasteiger partial charge in [0.2, 0.25) is 6.20 Å². The van der Waals surface area contributed by atoms with E-state index in [9.17, 15) is 5.11 Å². The van der Waals surface area contributed by atoms with Gasteiger partial charge in [-0.2, -0.15) is 0 Å². The van der Waals surface area contributed by atoms with E-state index in [0.29, 0.717) is 10.8 Å². The molecule has 0 radical (unpaired) electrons. The first-order chi connectivity index (χ1) is 6.25. The first-order valence-electron chi connectivity index (χ1n) is 3.43. The average Bonchev–Trinajstić information content (AvgIpc) is 2.53. The molecule has 13 heavy (non-hydrogen) atoms. The van der Waals surface area contributed by atoms with E-state index in [-0.39, 0.29) is 0 Å². The molecule has 6 heteroatoms. The maximum atomic E-state index is 10.6. The van der Waals surface area contributed by atoms with Crippen molar-refractivity contribution in [3.05, 3.63) is 29.7 Å². The summed E-state index contributed by atoms with van der Waals surface area (Å²) < 4.78 is 5.63. The normalized spacial score (nSPS) is 10.2. The number of pyridine rings is 1. The second kappa shape index (κ2) is 3.02. The molecule has 0 aliphatic carbocycles. The monoisotopic (exact) mass is 197 g/mol. The maximum Gasteiger partial charge on any atom is 0.257 e. The van der Waals surface area contributed by atoms with E-state index >= 15 is 0 Å². The van der Waals surface area contributed by atoms with Gasteiger partial charge in [0.15, 0.2) is 0 Å². The van der Waals surface area contributed by atoms with Crippen molar-refractivity contribution in [2.75, 3.05) is 0 Å². The van der Waals surface area contributed by atoms with E-state index in [1.165, 1.54) is 17.1 Å². The highest BCUT2D eigenvalue weighted by Gasteiger charge is 2.08. The van der Waals surface area contributed by atoms with Crippen molar-refractivity contribution in [3.8, 4) is 11.6 Å². The molecule has 0 atom stereocenters. The van der Waals surface area contributed by atoms with Crippen molar-refractivity contribution in [3.63, 3.8) is 0 Å². The van der Waals surface area contributed by atoms with Crippen LogP contribution in [0.1, 0.15) is 0 Å². The largest absolute Gasteiger partial charge is 0.539 e. The van der Waals surface area contributed by atoms with E-state index in [4.69, 9.17) is 11.6 Å². The van der Waals surface area contributed by atoms with Crippen molar-refractivity contribution in [1.82, 2.24) is 10.3 Å². The smallest absolute Gasteiger partial charge is 0.257 e. The fraction of sp³-hybridized carbons (Fsp3) is 0. The Hall–Kier alpha value is -1.62. The van der Waals surface area contributed by atoms with E-state index in [0.717, 1.165) is 0 Å². The third-order valence-electron chi connectivity index (χ3n) is 1.42. The molecule has 0 aliphatic rings. The average molecular weight is 198 g/mol. The summed E-state index contributed by atoms with van der Waals surface area (Å²) >= 11 is 5.58. The zero-order chi connectivity index (χ0) is 9.26. The molecule has 2 aromatic heterocycles. The van der Waals surface area contributed by atoms with Crippen molar-refractivity contribution >= 4 is 11.6 Å². The molecular weight excluding hydrogens is 194 g/mol. The third kappa shape index (κ3) is 1.59. The van der Waals surface area contributed by atoms with E-state index in [1.54, 1.807) is 12.1 Å². The summed E-state index contributed by atoms with van der Waals surface area (Å²) in [5.41, 5.74) is 0.621. The summed E-state index contributed by atoms with van der Waals surface area (Å²) in [6.07, 6.45) is 2.70. The van der Waals surface area contributed by atoms with Crippen LogP contribution in [-0.2, 0) is 0 Å². The van der Waals surface area contributed by atoms with Gasteiger partial charge in [-0.3, -0.25) is 0 Å². The highest BCUT2D eigenvalue weighted by Crippen LogP contribution is 2.05. The summed E-state index contributed by atoms with van der Waals surface area (Å²) in [7, 11) is 0. The van der Waals surface area contributed by atoms with Gasteiger partial charge in [0.1, 0.15) is 17.3 Å². The molecule has 0 aromatic carbocycles. The van der Waals surface area contributed by atoms with Crippen LogP contribution in [0, 0.1) is 0 Å². The van der Waals surface area contributed by atoms with Crippen LogP contribution in [0.2, 0.25) is 5.15 Å². The highest BCUT2D eigenvalue weighted by molar-refractivity contribution is 6.29. The fourth-order valence-corrected chi connectivity index (χ4v) is 0.968. The van der Waals surface area contributed by atoms with Gasteiger partial charge in [0.05, 0.1) is 5.27 Å². The minimum absolute atomic E-state index is 0.384. The highest BCUT2D eigenvalue weighted by atomic mass is 35.5. The minimum Gasteiger partial charge on any atom is -0.539 e. The predicted octanol–water partition coefficient (Wildman–Crippen LogP) is 0.0733. The topological polar surface area (TPSA) is 65.9 Å². The summed E-state index contributed by atoms with van der Waals surface area (Å²) in [5, 5.41) is 14.5. The van der Waals surface area contributed by atoms with Crippen LogP contribution in [0.5, 0.6) is 5.95 Å². The van der Waals surface area contributed by atoms with Crippen LogP contribution >= 0.6 is 11.6 Å². The quantitative estimate of drug-likeness (QED) is 0.480. The number of hydrogen-bond donors (Lipinski definition) is 0. The molecule has 0 fully saturated rings. The number of nitrogens with zero attached hydrogens (tertiary/aromatic N) is 3. The lowest BCUT2D eigenvalue weighted by Gasteiger charge is -1.87. The molecule has 2 heterocycles. The Labute approximate surface area is 78.2 Å². The predicted molar refractivity (Wildman–Crippen MR) is 40.3 cm³/mol. The molecule has 0 saturated carbocycles. The van der Waals surface area contributed by atoms with Gasteiger partial charge in [-0.05, 0) is 10.7 Å². The Bertz CT molecular complexity index is 412. The van der Waals surface area contributed by atoms with Crippen LogP contribution in [0.25, 0.3) is 5.69 Å². The van der Waals surface area contributed by atoms with Gasteiger partial charge in [0.25, 0.3) is 5.69 Å². The van der Waals surface area contributed by atoms with Gasteiger partial charge in [-0.1, -0.05) is 11.6 Å². The number of halogens is 1. The SMILES string of the molecule is [O-]c1c[n+](-c2ccc(Cl)nc2)no1. The fourth-order valence-electron chi connectivity index (χ4n) is 0.856. The first-order valence-corrected chi connectivity index (χ1v) is 3.81. The number of hydrogen-bond acceptors (Lipinski definition) is 4. The van der Waals surface area contributed by atoms with Gasteiger partial charge in [-0.25, -0.2) is 4.98 Å². The Balaban J connectivity index is 2.41. The van der Waals surface area contributed by atoms with E-state index in [2.05, 4.69) is 14.8 Å². The molecule has 66 valence electrons. The van der Waals surface area contributed by atoms with Crippen molar-refractivity contribution in [2.45, 2.75) is 0 Å².